The van der Waals surface area contributed by atoms with Crippen LogP contribution in [0.5, 0.6) is 0 Å². The molecule has 1 saturated carbocycles. The van der Waals surface area contributed by atoms with E-state index in [-0.39, 0.29) is 10.8 Å². The summed E-state index contributed by atoms with van der Waals surface area (Å²) in [5.41, 5.74) is 0.604. The van der Waals surface area contributed by atoms with Crippen molar-refractivity contribution in [3.05, 3.63) is 18.2 Å². The highest BCUT2D eigenvalue weighted by molar-refractivity contribution is 8.00. The lowest BCUT2D eigenvalue weighted by Crippen LogP contribution is -2.51. The highest BCUT2D eigenvalue weighted by Crippen LogP contribution is 2.34. The molecular formula is C17H23N3O3S2. The van der Waals surface area contributed by atoms with E-state index in [9.17, 15) is 13.2 Å². The summed E-state index contributed by atoms with van der Waals surface area (Å²) in [6.07, 6.45) is 5.08. The summed E-state index contributed by atoms with van der Waals surface area (Å²) in [4.78, 5) is 15.2. The van der Waals surface area contributed by atoms with Crippen LogP contribution in [-0.2, 0) is 14.8 Å². The molecule has 8 heteroatoms. The second kappa shape index (κ2) is 6.90. The van der Waals surface area contributed by atoms with Crippen LogP contribution in [0.4, 0.5) is 5.69 Å². The number of hydrogen-bond donors (Lipinski definition) is 1. The van der Waals surface area contributed by atoms with Crippen molar-refractivity contribution in [3.8, 4) is 0 Å². The number of rotatable bonds is 3. The molecule has 1 aliphatic carbocycles. The minimum absolute atomic E-state index is 0.0859. The molecule has 0 bridgehead atoms. The van der Waals surface area contributed by atoms with E-state index in [0.717, 1.165) is 18.0 Å². The Morgan fingerprint density at radius 3 is 2.52 bits per heavy atom. The Morgan fingerprint density at radius 1 is 1.08 bits per heavy atom. The lowest BCUT2D eigenvalue weighted by atomic mass is 10.2. The van der Waals surface area contributed by atoms with Gasteiger partial charge in [-0.25, -0.2) is 8.42 Å². The molecule has 0 radical (unpaired) electrons. The summed E-state index contributed by atoms with van der Waals surface area (Å²) in [6.45, 7) is 2.69. The number of nitrogens with zero attached hydrogens (tertiary/aromatic N) is 2. The molecule has 136 valence electrons. The smallest absolute Gasteiger partial charge is 0.243 e. The number of sulfonamides is 1. The number of piperazine rings is 1. The van der Waals surface area contributed by atoms with E-state index in [2.05, 4.69) is 10.2 Å². The van der Waals surface area contributed by atoms with Gasteiger partial charge in [0.25, 0.3) is 0 Å². The van der Waals surface area contributed by atoms with E-state index in [1.165, 1.54) is 37.4 Å². The van der Waals surface area contributed by atoms with Crippen molar-refractivity contribution in [2.24, 2.45) is 0 Å². The molecule has 2 fully saturated rings. The van der Waals surface area contributed by atoms with Gasteiger partial charge in [0, 0.05) is 37.1 Å². The normalized spacial score (nSPS) is 23.4. The molecule has 25 heavy (non-hydrogen) atoms. The van der Waals surface area contributed by atoms with E-state index in [1.807, 2.05) is 0 Å². The summed E-state index contributed by atoms with van der Waals surface area (Å²) >= 11 is 1.44. The Kier molecular flexibility index (Phi) is 4.79. The van der Waals surface area contributed by atoms with Gasteiger partial charge in [-0.1, -0.05) is 12.8 Å². The second-order valence-electron chi connectivity index (χ2n) is 6.87. The van der Waals surface area contributed by atoms with E-state index >= 15 is 0 Å². The Labute approximate surface area is 153 Å². The molecule has 1 amide bonds. The molecule has 4 rings (SSSR count). The van der Waals surface area contributed by atoms with Gasteiger partial charge in [-0.15, -0.1) is 11.8 Å². The molecule has 0 unspecified atom stereocenters. The predicted octanol–water partition coefficient (Wildman–Crippen LogP) is 1.98. The Balaban J connectivity index is 1.48. The fourth-order valence-corrected chi connectivity index (χ4v) is 6.19. The number of benzene rings is 1. The van der Waals surface area contributed by atoms with Crippen molar-refractivity contribution in [1.82, 2.24) is 9.21 Å². The lowest BCUT2D eigenvalue weighted by Gasteiger charge is -2.37. The third kappa shape index (κ3) is 3.45. The molecular weight excluding hydrogens is 358 g/mol. The molecule has 0 aromatic heterocycles. The summed E-state index contributed by atoms with van der Waals surface area (Å²) in [6, 6.07) is 5.68. The van der Waals surface area contributed by atoms with E-state index in [1.54, 1.807) is 22.5 Å². The van der Waals surface area contributed by atoms with Gasteiger partial charge in [0.05, 0.1) is 16.3 Å². The maximum absolute atomic E-state index is 13.0. The van der Waals surface area contributed by atoms with Crippen LogP contribution in [0.1, 0.15) is 25.7 Å². The SMILES string of the molecule is O=C1CSc2ccc(S(=O)(=O)N3CCN(C4CCCC4)CC3)cc2N1. The fourth-order valence-electron chi connectivity index (χ4n) is 3.95. The third-order valence-corrected chi connectivity index (χ3v) is 8.30. The van der Waals surface area contributed by atoms with E-state index in [0.29, 0.717) is 30.6 Å². The average Bonchev–Trinajstić information content (AvgIpc) is 3.16. The van der Waals surface area contributed by atoms with Gasteiger partial charge in [0.1, 0.15) is 0 Å². The molecule has 0 spiro atoms. The van der Waals surface area contributed by atoms with Crippen molar-refractivity contribution in [1.29, 1.82) is 0 Å². The van der Waals surface area contributed by atoms with Crippen LogP contribution in [-0.4, -0.2) is 61.5 Å². The van der Waals surface area contributed by atoms with Gasteiger partial charge in [-0.3, -0.25) is 9.69 Å². The second-order valence-corrected chi connectivity index (χ2v) is 9.83. The van der Waals surface area contributed by atoms with Gasteiger partial charge in [0.15, 0.2) is 0 Å². The first-order valence-corrected chi connectivity index (χ1v) is 11.3. The first-order chi connectivity index (χ1) is 12.0. The standard InChI is InChI=1S/C17H23N3O3S2/c21-17-12-24-16-6-5-14(11-15(16)18-17)25(22,23)20-9-7-19(8-10-20)13-3-1-2-4-13/h5-6,11,13H,1-4,7-10,12H2,(H,18,21). The summed E-state index contributed by atoms with van der Waals surface area (Å²) in [5, 5.41) is 2.77. The number of anilines is 1. The van der Waals surface area contributed by atoms with Crippen LogP contribution >= 0.6 is 11.8 Å². The Hall–Kier alpha value is -1.09. The minimum atomic E-state index is -3.51. The first-order valence-electron chi connectivity index (χ1n) is 8.85. The molecule has 1 aromatic carbocycles. The number of fused-ring (bicyclic) bond motifs is 1. The van der Waals surface area contributed by atoms with Crippen molar-refractivity contribution in [3.63, 3.8) is 0 Å². The lowest BCUT2D eigenvalue weighted by molar-refractivity contribution is -0.113. The molecule has 1 saturated heterocycles. The molecule has 1 N–H and O–H groups in total. The highest BCUT2D eigenvalue weighted by atomic mass is 32.2. The quantitative estimate of drug-likeness (QED) is 0.867. The molecule has 3 aliphatic rings. The largest absolute Gasteiger partial charge is 0.324 e. The molecule has 2 heterocycles. The maximum atomic E-state index is 13.0. The van der Waals surface area contributed by atoms with Crippen molar-refractivity contribution in [2.75, 3.05) is 37.2 Å². The van der Waals surface area contributed by atoms with Crippen LogP contribution in [0.15, 0.2) is 28.0 Å². The Morgan fingerprint density at radius 2 is 1.80 bits per heavy atom. The van der Waals surface area contributed by atoms with Gasteiger partial charge >= 0.3 is 0 Å². The van der Waals surface area contributed by atoms with Gasteiger partial charge < -0.3 is 5.32 Å². The van der Waals surface area contributed by atoms with Crippen LogP contribution in [0.2, 0.25) is 0 Å². The van der Waals surface area contributed by atoms with E-state index in [4.69, 9.17) is 0 Å². The van der Waals surface area contributed by atoms with Crippen LogP contribution < -0.4 is 5.32 Å². The molecule has 0 atom stereocenters. The summed E-state index contributed by atoms with van der Waals surface area (Å²) in [5.74, 6) is 0.291. The number of carbonyl (C=O) groups excluding carboxylic acids is 1. The average molecular weight is 382 g/mol. The van der Waals surface area contributed by atoms with Crippen LogP contribution in [0.3, 0.4) is 0 Å². The van der Waals surface area contributed by atoms with Crippen LogP contribution in [0, 0.1) is 0 Å². The zero-order valence-electron chi connectivity index (χ0n) is 14.1. The fraction of sp³-hybridized carbons (Fsp3) is 0.588. The number of hydrogen-bond acceptors (Lipinski definition) is 5. The molecule has 1 aromatic rings. The van der Waals surface area contributed by atoms with Crippen molar-refractivity contribution in [2.45, 2.75) is 41.5 Å². The van der Waals surface area contributed by atoms with Crippen molar-refractivity contribution >= 4 is 33.4 Å². The number of carbonyl (C=O) groups is 1. The molecule has 6 nitrogen and oxygen atoms in total. The summed E-state index contributed by atoms with van der Waals surface area (Å²) in [7, 11) is -3.51. The zero-order valence-corrected chi connectivity index (χ0v) is 15.7. The number of amides is 1. The van der Waals surface area contributed by atoms with Crippen molar-refractivity contribution < 1.29 is 13.2 Å². The summed E-state index contributed by atoms with van der Waals surface area (Å²) < 4.78 is 27.5. The van der Waals surface area contributed by atoms with Gasteiger partial charge in [-0.05, 0) is 31.0 Å². The topological polar surface area (TPSA) is 69.7 Å². The van der Waals surface area contributed by atoms with Gasteiger partial charge in [0.2, 0.25) is 15.9 Å². The third-order valence-electron chi connectivity index (χ3n) is 5.34. The zero-order chi connectivity index (χ0) is 17.4. The Bertz CT molecular complexity index is 767. The number of thioether (sulfide) groups is 1. The first kappa shape index (κ1) is 17.3. The van der Waals surface area contributed by atoms with Gasteiger partial charge in [-0.2, -0.15) is 4.31 Å². The van der Waals surface area contributed by atoms with E-state index < -0.39 is 10.0 Å². The predicted molar refractivity (Wildman–Crippen MR) is 98.4 cm³/mol. The number of nitrogens with one attached hydrogen (secondary N) is 1. The maximum Gasteiger partial charge on any atom is 0.243 e. The highest BCUT2D eigenvalue weighted by Gasteiger charge is 2.32. The molecule has 2 aliphatic heterocycles. The van der Waals surface area contributed by atoms with Crippen LogP contribution in [0.25, 0.3) is 0 Å². The minimum Gasteiger partial charge on any atom is -0.324 e. The monoisotopic (exact) mass is 381 g/mol.